The summed E-state index contributed by atoms with van der Waals surface area (Å²) in [5, 5.41) is 0. The molecule has 0 aliphatic heterocycles. The van der Waals surface area contributed by atoms with Gasteiger partial charge in [-0.15, -0.1) is 0 Å². The maximum absolute atomic E-state index is 2.55. The first-order chi connectivity index (χ1) is 17.4. The van der Waals surface area contributed by atoms with Crippen molar-refractivity contribution in [3.63, 3.8) is 0 Å². The summed E-state index contributed by atoms with van der Waals surface area (Å²) in [7, 11) is 0. The summed E-state index contributed by atoms with van der Waals surface area (Å²) >= 11 is -2.55. The molecule has 0 N–H and O–H groups in total. The molecule has 1 heteroatoms. The van der Waals surface area contributed by atoms with Crippen molar-refractivity contribution in [2.75, 3.05) is 0 Å². The second kappa shape index (κ2) is 12.6. The predicted octanol–water partition coefficient (Wildman–Crippen LogP) is 8.94. The van der Waals surface area contributed by atoms with Gasteiger partial charge < -0.3 is 0 Å². The zero-order chi connectivity index (χ0) is 27.6. The Kier molecular flexibility index (Phi) is 10.2. The van der Waals surface area contributed by atoms with Crippen LogP contribution >= 0.6 is 0 Å². The molecule has 200 valence electrons. The van der Waals surface area contributed by atoms with Crippen LogP contribution in [0.15, 0.2) is 54.6 Å². The van der Waals surface area contributed by atoms with E-state index in [0.29, 0.717) is 35.5 Å². The van der Waals surface area contributed by atoms with Gasteiger partial charge in [0.1, 0.15) is 0 Å². The molecule has 0 spiro atoms. The van der Waals surface area contributed by atoms with E-state index >= 15 is 0 Å². The second-order valence-electron chi connectivity index (χ2n) is 12.6. The average molecular weight is 606 g/mol. The van der Waals surface area contributed by atoms with Crippen molar-refractivity contribution < 1.29 is 0 Å². The molecule has 0 nitrogen and oxygen atoms in total. The quantitative estimate of drug-likeness (QED) is 0.214. The van der Waals surface area contributed by atoms with Crippen LogP contribution in [0.3, 0.4) is 0 Å². The molecule has 0 amide bonds. The van der Waals surface area contributed by atoms with Crippen molar-refractivity contribution in [3.05, 3.63) is 88.0 Å². The molecule has 3 rings (SSSR count). The molecule has 0 aromatic heterocycles. The minimum atomic E-state index is -2.55. The van der Waals surface area contributed by atoms with Crippen LogP contribution in [0.1, 0.15) is 152 Å². The van der Waals surface area contributed by atoms with Crippen LogP contribution < -0.4 is 10.5 Å². The second-order valence-corrected chi connectivity index (χ2v) is 18.4. The number of hydrogen-bond donors (Lipinski definition) is 0. The molecule has 0 unspecified atom stereocenters. The van der Waals surface area contributed by atoms with Crippen molar-refractivity contribution in [1.29, 1.82) is 0 Å². The van der Waals surface area contributed by atoms with Gasteiger partial charge in [0.25, 0.3) is 0 Å². The molecule has 0 radical (unpaired) electrons. The van der Waals surface area contributed by atoms with Crippen LogP contribution in [0.5, 0.6) is 0 Å². The van der Waals surface area contributed by atoms with Crippen molar-refractivity contribution >= 4 is 30.7 Å². The zero-order valence-electron chi connectivity index (χ0n) is 25.6. The van der Waals surface area contributed by atoms with Gasteiger partial charge in [0.05, 0.1) is 0 Å². The number of rotatable bonds is 9. The molecular weight excluding hydrogens is 554 g/mol. The molecule has 0 aliphatic carbocycles. The molecule has 0 atom stereocenters. The Bertz CT molecular complexity index is 964. The first-order valence-electron chi connectivity index (χ1n) is 14.6. The van der Waals surface area contributed by atoms with E-state index in [9.17, 15) is 0 Å². The molecule has 0 aliphatic rings. The third kappa shape index (κ3) is 6.22. The number of hydrogen-bond acceptors (Lipinski definition) is 0. The summed E-state index contributed by atoms with van der Waals surface area (Å²) in [5.74, 6) is 3.02. The average Bonchev–Trinajstić information content (AvgIpc) is 2.83. The Morgan fingerprint density at radius 1 is 0.324 bits per heavy atom. The molecule has 0 bridgehead atoms. The van der Waals surface area contributed by atoms with Gasteiger partial charge in [0.15, 0.2) is 0 Å². The summed E-state index contributed by atoms with van der Waals surface area (Å²) in [4.78, 5) is 0. The third-order valence-corrected chi connectivity index (χ3v) is 15.9. The fourth-order valence-electron chi connectivity index (χ4n) is 5.65. The van der Waals surface area contributed by atoms with Gasteiger partial charge in [0, 0.05) is 0 Å². The van der Waals surface area contributed by atoms with E-state index in [0.717, 1.165) is 0 Å². The van der Waals surface area contributed by atoms with E-state index in [1.165, 1.54) is 0 Å². The van der Waals surface area contributed by atoms with Crippen molar-refractivity contribution in [1.82, 2.24) is 0 Å². The fraction of sp³-hybridized carbons (Fsp3) is 0.500. The van der Waals surface area contributed by atoms with E-state index in [1.54, 1.807) is 43.9 Å². The van der Waals surface area contributed by atoms with Gasteiger partial charge in [-0.2, -0.15) is 0 Å². The van der Waals surface area contributed by atoms with E-state index in [4.69, 9.17) is 0 Å². The molecule has 0 saturated heterocycles. The molecule has 0 fully saturated rings. The summed E-state index contributed by atoms with van der Waals surface area (Å²) in [6.45, 7) is 28.8. The van der Waals surface area contributed by atoms with Gasteiger partial charge in [-0.05, 0) is 0 Å². The SMILES string of the molecule is CC(C)c1cccc(C(C)C)[c]1[Sb]([c]1c(C(C)C)cccc1C(C)C)[c]1c(C(C)C)cccc1C(C)C. The Morgan fingerprint density at radius 3 is 0.622 bits per heavy atom. The van der Waals surface area contributed by atoms with Gasteiger partial charge in [0.2, 0.25) is 0 Å². The van der Waals surface area contributed by atoms with Crippen molar-refractivity contribution in [2.24, 2.45) is 0 Å². The van der Waals surface area contributed by atoms with Crippen LogP contribution in [0.25, 0.3) is 0 Å². The molecular formula is C36H51Sb. The van der Waals surface area contributed by atoms with Crippen LogP contribution in [0, 0.1) is 0 Å². The Morgan fingerprint density at radius 2 is 0.486 bits per heavy atom. The van der Waals surface area contributed by atoms with Gasteiger partial charge in [-0.1, -0.05) is 0 Å². The summed E-state index contributed by atoms with van der Waals surface area (Å²) in [6.07, 6.45) is 0. The van der Waals surface area contributed by atoms with E-state index in [2.05, 4.69) is 138 Å². The first kappa shape index (κ1) is 30.0. The van der Waals surface area contributed by atoms with Gasteiger partial charge in [-0.3, -0.25) is 0 Å². The number of benzene rings is 3. The summed E-state index contributed by atoms with van der Waals surface area (Å²) < 4.78 is 5.21. The zero-order valence-corrected chi connectivity index (χ0v) is 28.2. The maximum atomic E-state index is 2.45. The van der Waals surface area contributed by atoms with E-state index in [-0.39, 0.29) is 0 Å². The van der Waals surface area contributed by atoms with Gasteiger partial charge in [-0.25, -0.2) is 0 Å². The minimum absolute atomic E-state index is 0.503. The van der Waals surface area contributed by atoms with E-state index < -0.39 is 20.2 Å². The van der Waals surface area contributed by atoms with Crippen molar-refractivity contribution in [2.45, 2.75) is 119 Å². The standard InChI is InChI=1S/3C12H17.Sb/c3*1-9(2)11-6-5-7-12(8-11)10(3)4;/h3*5-7,9-10H,1-4H3;. The summed E-state index contributed by atoms with van der Waals surface area (Å²) in [5.41, 5.74) is 9.48. The van der Waals surface area contributed by atoms with Crippen molar-refractivity contribution in [3.8, 4) is 0 Å². The Balaban J connectivity index is 2.69. The summed E-state index contributed by atoms with van der Waals surface area (Å²) in [6, 6.07) is 21.7. The van der Waals surface area contributed by atoms with Crippen LogP contribution in [-0.2, 0) is 0 Å². The predicted molar refractivity (Wildman–Crippen MR) is 169 cm³/mol. The molecule has 3 aromatic carbocycles. The van der Waals surface area contributed by atoms with Crippen LogP contribution in [0.4, 0.5) is 0 Å². The first-order valence-corrected chi connectivity index (χ1v) is 18.4. The normalized spacial score (nSPS) is 12.4. The Labute approximate surface area is 236 Å². The van der Waals surface area contributed by atoms with E-state index in [1.807, 2.05) is 0 Å². The molecule has 0 heterocycles. The molecule has 3 aromatic rings. The fourth-order valence-corrected chi connectivity index (χ4v) is 17.7. The van der Waals surface area contributed by atoms with Crippen LogP contribution in [-0.4, -0.2) is 20.2 Å². The van der Waals surface area contributed by atoms with Crippen LogP contribution in [0.2, 0.25) is 0 Å². The monoisotopic (exact) mass is 604 g/mol. The molecule has 37 heavy (non-hydrogen) atoms. The third-order valence-electron chi connectivity index (χ3n) is 7.70. The topological polar surface area (TPSA) is 0 Å². The molecule has 0 saturated carbocycles. The van der Waals surface area contributed by atoms with Gasteiger partial charge >= 0.3 is 237 Å². The Hall–Kier alpha value is -1.52.